The lowest BCUT2D eigenvalue weighted by atomic mass is 9.96. The number of hydrogen-bond acceptors (Lipinski definition) is 2. The fraction of sp³-hybridized carbons (Fsp3) is 0.429. The van der Waals surface area contributed by atoms with Crippen LogP contribution in [0.2, 0.25) is 5.02 Å². The summed E-state index contributed by atoms with van der Waals surface area (Å²) in [4.78, 5) is 0. The van der Waals surface area contributed by atoms with Crippen molar-refractivity contribution in [3.05, 3.63) is 47.0 Å². The highest BCUT2D eigenvalue weighted by Gasteiger charge is 2.12. The van der Waals surface area contributed by atoms with Gasteiger partial charge in [-0.15, -0.1) is 0 Å². The second-order valence-electron chi connectivity index (χ2n) is 4.46. The van der Waals surface area contributed by atoms with E-state index >= 15 is 0 Å². The molecule has 0 aliphatic carbocycles. The van der Waals surface area contributed by atoms with Gasteiger partial charge in [-0.3, -0.25) is 0 Å². The Balaban J connectivity index is 2.51. The zero-order valence-electron chi connectivity index (χ0n) is 10.3. The molecular formula is C14H21ClN2. The van der Waals surface area contributed by atoms with Crippen LogP contribution in [0.4, 0.5) is 0 Å². The van der Waals surface area contributed by atoms with Crippen LogP contribution < -0.4 is 11.5 Å². The van der Waals surface area contributed by atoms with Gasteiger partial charge in [0.1, 0.15) is 0 Å². The maximum atomic E-state index is 6.11. The number of rotatable bonds is 6. The van der Waals surface area contributed by atoms with E-state index in [0.29, 0.717) is 0 Å². The van der Waals surface area contributed by atoms with Crippen molar-refractivity contribution in [2.75, 3.05) is 0 Å². The van der Waals surface area contributed by atoms with Crippen molar-refractivity contribution < 1.29 is 0 Å². The van der Waals surface area contributed by atoms with Crippen molar-refractivity contribution in [3.63, 3.8) is 0 Å². The Hall–Kier alpha value is -0.830. The van der Waals surface area contributed by atoms with E-state index < -0.39 is 0 Å². The van der Waals surface area contributed by atoms with Gasteiger partial charge in [-0.05, 0) is 37.0 Å². The molecule has 0 aliphatic rings. The molecule has 2 atom stereocenters. The van der Waals surface area contributed by atoms with Gasteiger partial charge in [-0.1, -0.05) is 42.8 Å². The Labute approximate surface area is 109 Å². The first-order valence-electron chi connectivity index (χ1n) is 5.96. The predicted octanol–water partition coefficient (Wildman–Crippen LogP) is 3.41. The van der Waals surface area contributed by atoms with Crippen LogP contribution in [0.5, 0.6) is 0 Å². The molecule has 0 aliphatic heterocycles. The highest BCUT2D eigenvalue weighted by molar-refractivity contribution is 6.30. The second kappa shape index (κ2) is 6.80. The largest absolute Gasteiger partial charge is 0.327 e. The summed E-state index contributed by atoms with van der Waals surface area (Å²) in [5.74, 6) is 0. The Morgan fingerprint density at radius 2 is 1.88 bits per heavy atom. The van der Waals surface area contributed by atoms with Crippen molar-refractivity contribution in [3.8, 4) is 0 Å². The van der Waals surface area contributed by atoms with Crippen molar-refractivity contribution in [1.82, 2.24) is 0 Å². The van der Waals surface area contributed by atoms with Crippen molar-refractivity contribution in [2.24, 2.45) is 11.5 Å². The van der Waals surface area contributed by atoms with Gasteiger partial charge < -0.3 is 11.5 Å². The molecule has 0 fully saturated rings. The SMILES string of the molecule is C=C(CC)CC(N)CC(N)c1ccc(Cl)cc1. The van der Waals surface area contributed by atoms with E-state index in [0.717, 1.165) is 29.8 Å². The fourth-order valence-electron chi connectivity index (χ4n) is 1.77. The summed E-state index contributed by atoms with van der Waals surface area (Å²) < 4.78 is 0. The molecule has 1 rings (SSSR count). The molecule has 17 heavy (non-hydrogen) atoms. The second-order valence-corrected chi connectivity index (χ2v) is 4.90. The standard InChI is InChI=1S/C14H21ClN2/c1-3-10(2)8-13(16)9-14(17)11-4-6-12(15)7-5-11/h4-7,13-14H,2-3,8-9,16-17H2,1H3. The van der Waals surface area contributed by atoms with Crippen LogP contribution in [-0.2, 0) is 0 Å². The highest BCUT2D eigenvalue weighted by Crippen LogP contribution is 2.20. The Kier molecular flexibility index (Phi) is 5.69. The maximum Gasteiger partial charge on any atom is 0.0406 e. The zero-order valence-corrected chi connectivity index (χ0v) is 11.1. The topological polar surface area (TPSA) is 52.0 Å². The first-order chi connectivity index (χ1) is 8.02. The van der Waals surface area contributed by atoms with E-state index in [1.54, 1.807) is 0 Å². The minimum absolute atomic E-state index is 0.0353. The maximum absolute atomic E-state index is 6.11. The van der Waals surface area contributed by atoms with E-state index in [4.69, 9.17) is 23.1 Å². The smallest absolute Gasteiger partial charge is 0.0406 e. The van der Waals surface area contributed by atoms with Gasteiger partial charge in [0.25, 0.3) is 0 Å². The summed E-state index contributed by atoms with van der Waals surface area (Å²) >= 11 is 5.83. The normalized spacial score (nSPS) is 14.4. The van der Waals surface area contributed by atoms with E-state index in [-0.39, 0.29) is 12.1 Å². The van der Waals surface area contributed by atoms with Crippen LogP contribution in [0, 0.1) is 0 Å². The average molecular weight is 253 g/mol. The highest BCUT2D eigenvalue weighted by atomic mass is 35.5. The number of benzene rings is 1. The molecule has 0 saturated carbocycles. The predicted molar refractivity (Wildman–Crippen MR) is 75.0 cm³/mol. The first-order valence-corrected chi connectivity index (χ1v) is 6.34. The van der Waals surface area contributed by atoms with Gasteiger partial charge in [0.2, 0.25) is 0 Å². The molecule has 2 nitrogen and oxygen atoms in total. The molecule has 1 aromatic rings. The lowest BCUT2D eigenvalue weighted by Crippen LogP contribution is -2.26. The van der Waals surface area contributed by atoms with E-state index in [1.165, 1.54) is 5.57 Å². The Bertz CT molecular complexity index is 359. The molecule has 0 saturated heterocycles. The lowest BCUT2D eigenvalue weighted by molar-refractivity contribution is 0.530. The van der Waals surface area contributed by atoms with Gasteiger partial charge in [0.05, 0.1) is 0 Å². The quantitative estimate of drug-likeness (QED) is 0.763. The molecule has 3 heteroatoms. The monoisotopic (exact) mass is 252 g/mol. The van der Waals surface area contributed by atoms with Crippen LogP contribution in [0.1, 0.15) is 37.8 Å². The molecule has 0 spiro atoms. The van der Waals surface area contributed by atoms with Crippen LogP contribution >= 0.6 is 11.6 Å². The molecule has 0 radical (unpaired) electrons. The summed E-state index contributed by atoms with van der Waals surface area (Å²) in [5, 5.41) is 0.726. The van der Waals surface area contributed by atoms with Crippen molar-refractivity contribution >= 4 is 11.6 Å². The lowest BCUT2D eigenvalue weighted by Gasteiger charge is -2.18. The summed E-state index contributed by atoms with van der Waals surface area (Å²) in [6.07, 6.45) is 2.59. The summed E-state index contributed by atoms with van der Waals surface area (Å²) in [7, 11) is 0. The van der Waals surface area contributed by atoms with E-state index in [9.17, 15) is 0 Å². The third kappa shape index (κ3) is 4.90. The van der Waals surface area contributed by atoms with E-state index in [1.807, 2.05) is 24.3 Å². The summed E-state index contributed by atoms with van der Waals surface area (Å²) in [6.45, 7) is 6.06. The number of halogens is 1. The molecular weight excluding hydrogens is 232 g/mol. The van der Waals surface area contributed by atoms with Crippen LogP contribution in [0.25, 0.3) is 0 Å². The third-order valence-corrected chi connectivity index (χ3v) is 3.16. The van der Waals surface area contributed by atoms with Crippen LogP contribution in [0.15, 0.2) is 36.4 Å². The van der Waals surface area contributed by atoms with Crippen LogP contribution in [0.3, 0.4) is 0 Å². The van der Waals surface area contributed by atoms with Gasteiger partial charge in [-0.2, -0.15) is 0 Å². The zero-order chi connectivity index (χ0) is 12.8. The van der Waals surface area contributed by atoms with Crippen molar-refractivity contribution in [1.29, 1.82) is 0 Å². The van der Waals surface area contributed by atoms with Gasteiger partial charge in [-0.25, -0.2) is 0 Å². The molecule has 0 bridgehead atoms. The van der Waals surface area contributed by atoms with E-state index in [2.05, 4.69) is 13.5 Å². The minimum Gasteiger partial charge on any atom is -0.327 e. The molecule has 94 valence electrons. The fourth-order valence-corrected chi connectivity index (χ4v) is 1.90. The van der Waals surface area contributed by atoms with Crippen molar-refractivity contribution in [2.45, 2.75) is 38.3 Å². The third-order valence-electron chi connectivity index (χ3n) is 2.91. The average Bonchev–Trinajstić information content (AvgIpc) is 2.29. The van der Waals surface area contributed by atoms with Gasteiger partial charge in [0.15, 0.2) is 0 Å². The molecule has 2 unspecified atom stereocenters. The molecule has 0 amide bonds. The molecule has 4 N–H and O–H groups in total. The number of nitrogens with two attached hydrogens (primary N) is 2. The molecule has 0 heterocycles. The Morgan fingerprint density at radius 3 is 2.41 bits per heavy atom. The Morgan fingerprint density at radius 1 is 1.29 bits per heavy atom. The molecule has 1 aromatic carbocycles. The number of hydrogen-bond donors (Lipinski definition) is 2. The summed E-state index contributed by atoms with van der Waals surface area (Å²) in [5.41, 5.74) is 14.4. The summed E-state index contributed by atoms with van der Waals surface area (Å²) in [6, 6.07) is 7.66. The minimum atomic E-state index is -0.0353. The van der Waals surface area contributed by atoms with Crippen LogP contribution in [-0.4, -0.2) is 6.04 Å². The first kappa shape index (κ1) is 14.2. The van der Waals surface area contributed by atoms with Gasteiger partial charge >= 0.3 is 0 Å². The molecule has 0 aromatic heterocycles. The van der Waals surface area contributed by atoms with Gasteiger partial charge in [0, 0.05) is 17.1 Å².